The van der Waals surface area contributed by atoms with Crippen molar-refractivity contribution in [2.75, 3.05) is 0 Å². The summed E-state index contributed by atoms with van der Waals surface area (Å²) in [6, 6.07) is 14.8. The lowest BCUT2D eigenvalue weighted by atomic mass is 9.97. The topological polar surface area (TPSA) is 0 Å². The van der Waals surface area contributed by atoms with Crippen LogP contribution in [0.2, 0.25) is 0 Å². The third kappa shape index (κ3) is 4.73. The Balaban J connectivity index is 0.000000224. The molecule has 116 valence electrons. The van der Waals surface area contributed by atoms with E-state index in [0.717, 1.165) is 19.3 Å². The van der Waals surface area contributed by atoms with Crippen LogP contribution in [0.1, 0.15) is 48.6 Å². The molecule has 0 nitrogen and oxygen atoms in total. The number of hydrogen-bond acceptors (Lipinski definition) is 0. The van der Waals surface area contributed by atoms with Gasteiger partial charge < -0.3 is 0 Å². The van der Waals surface area contributed by atoms with Crippen molar-refractivity contribution in [3.05, 3.63) is 83.4 Å². The van der Waals surface area contributed by atoms with Crippen LogP contribution in [-0.4, -0.2) is 0 Å². The van der Waals surface area contributed by atoms with Crippen molar-refractivity contribution in [1.82, 2.24) is 0 Å². The molecule has 0 heteroatoms. The first-order chi connectivity index (χ1) is 10.7. The van der Waals surface area contributed by atoms with Gasteiger partial charge in [-0.25, -0.2) is 0 Å². The predicted molar refractivity (Wildman–Crippen MR) is 101 cm³/mol. The van der Waals surface area contributed by atoms with Crippen molar-refractivity contribution >= 4 is 12.2 Å². The van der Waals surface area contributed by atoms with Crippen molar-refractivity contribution in [1.29, 1.82) is 0 Å². The zero-order valence-corrected chi connectivity index (χ0v) is 14.2. The molecule has 0 saturated heterocycles. The Morgan fingerprint density at radius 3 is 1.73 bits per heavy atom. The van der Waals surface area contributed by atoms with Gasteiger partial charge in [-0.05, 0) is 47.1 Å². The number of hydrogen-bond donors (Lipinski definition) is 0. The molecular formula is C22H28. The molecule has 2 aromatic carbocycles. The first-order valence-electron chi connectivity index (χ1n) is 8.15. The Bertz CT molecular complexity index is 605. The van der Waals surface area contributed by atoms with E-state index in [9.17, 15) is 0 Å². The van der Waals surface area contributed by atoms with Gasteiger partial charge in [0.05, 0.1) is 0 Å². The van der Waals surface area contributed by atoms with Crippen LogP contribution in [0, 0.1) is 0 Å². The molecule has 2 rings (SSSR count). The van der Waals surface area contributed by atoms with Gasteiger partial charge >= 0.3 is 0 Å². The summed E-state index contributed by atoms with van der Waals surface area (Å²) in [6.45, 7) is 14.1. The van der Waals surface area contributed by atoms with Crippen LogP contribution in [-0.2, 0) is 19.3 Å². The fourth-order valence-electron chi connectivity index (χ4n) is 2.66. The molecule has 0 N–H and O–H groups in total. The van der Waals surface area contributed by atoms with Gasteiger partial charge in [0.15, 0.2) is 0 Å². The molecule has 0 heterocycles. The van der Waals surface area contributed by atoms with E-state index in [2.05, 4.69) is 70.3 Å². The summed E-state index contributed by atoms with van der Waals surface area (Å²) in [7, 11) is 0. The van der Waals surface area contributed by atoms with Crippen molar-refractivity contribution < 1.29 is 0 Å². The summed E-state index contributed by atoms with van der Waals surface area (Å²) in [5.41, 5.74) is 6.82. The Hall–Kier alpha value is -2.08. The van der Waals surface area contributed by atoms with Gasteiger partial charge in [0.25, 0.3) is 0 Å². The summed E-state index contributed by atoms with van der Waals surface area (Å²) in [5, 5.41) is 0. The minimum Gasteiger partial charge on any atom is -0.0985 e. The zero-order chi connectivity index (χ0) is 16.4. The molecule has 2 aromatic rings. The third-order valence-corrected chi connectivity index (χ3v) is 3.92. The lowest BCUT2D eigenvalue weighted by Gasteiger charge is -2.08. The zero-order valence-electron chi connectivity index (χ0n) is 14.2. The van der Waals surface area contributed by atoms with Crippen LogP contribution in [0.15, 0.2) is 55.6 Å². The van der Waals surface area contributed by atoms with Crippen molar-refractivity contribution in [2.24, 2.45) is 0 Å². The molecule has 0 amide bonds. The van der Waals surface area contributed by atoms with E-state index < -0.39 is 0 Å². The molecule has 0 radical (unpaired) electrons. The molecule has 0 spiro atoms. The van der Waals surface area contributed by atoms with Gasteiger partial charge in [-0.3, -0.25) is 0 Å². The molecule has 0 unspecified atom stereocenters. The minimum absolute atomic E-state index is 1.09. The molecular weight excluding hydrogens is 264 g/mol. The summed E-state index contributed by atoms with van der Waals surface area (Å²) in [4.78, 5) is 0. The van der Waals surface area contributed by atoms with Gasteiger partial charge in [-0.1, -0.05) is 88.5 Å². The normalized spacial score (nSPS) is 9.59. The molecule has 0 aliphatic rings. The first-order valence-corrected chi connectivity index (χ1v) is 8.15. The number of benzene rings is 2. The van der Waals surface area contributed by atoms with E-state index in [1.165, 1.54) is 27.8 Å². The van der Waals surface area contributed by atoms with Crippen LogP contribution in [0.5, 0.6) is 0 Å². The Kier molecular flexibility index (Phi) is 7.99. The Morgan fingerprint density at radius 2 is 1.23 bits per heavy atom. The molecule has 22 heavy (non-hydrogen) atoms. The van der Waals surface area contributed by atoms with E-state index in [-0.39, 0.29) is 0 Å². The van der Waals surface area contributed by atoms with E-state index >= 15 is 0 Å². The average Bonchev–Trinajstić information content (AvgIpc) is 2.61. The second kappa shape index (κ2) is 9.78. The highest BCUT2D eigenvalue weighted by Gasteiger charge is 2.01. The van der Waals surface area contributed by atoms with Crippen LogP contribution >= 0.6 is 0 Å². The summed E-state index contributed by atoms with van der Waals surface area (Å²) >= 11 is 0. The van der Waals surface area contributed by atoms with Crippen LogP contribution < -0.4 is 0 Å². The highest BCUT2D eigenvalue weighted by molar-refractivity contribution is 5.54. The van der Waals surface area contributed by atoms with Gasteiger partial charge in [0, 0.05) is 0 Å². The molecule has 0 saturated carbocycles. The number of aryl methyl sites for hydroxylation is 2. The third-order valence-electron chi connectivity index (χ3n) is 3.92. The van der Waals surface area contributed by atoms with Gasteiger partial charge in [0.2, 0.25) is 0 Å². The minimum atomic E-state index is 1.09. The van der Waals surface area contributed by atoms with Crippen molar-refractivity contribution in [3.8, 4) is 0 Å². The molecule has 0 bridgehead atoms. The molecule has 0 aliphatic heterocycles. The standard InChI is InChI=1S/C12H16.C10H12/c1-4-10-8-7-9-11(5-2)12(10)6-3;1-3-9-7-5-6-8-10(9)4-2/h4,7-9H,1,5-6H2,2-3H3;3,5-8H,1,4H2,2H3. The molecule has 0 atom stereocenters. The monoisotopic (exact) mass is 292 g/mol. The fourth-order valence-corrected chi connectivity index (χ4v) is 2.66. The predicted octanol–water partition coefficient (Wildman–Crippen LogP) is 6.35. The maximum Gasteiger partial charge on any atom is -0.0228 e. The van der Waals surface area contributed by atoms with E-state index in [1.54, 1.807) is 0 Å². The summed E-state index contributed by atoms with van der Waals surface area (Å²) in [5.74, 6) is 0. The summed E-state index contributed by atoms with van der Waals surface area (Å²) in [6.07, 6.45) is 7.15. The van der Waals surface area contributed by atoms with Crippen LogP contribution in [0.25, 0.3) is 12.2 Å². The summed E-state index contributed by atoms with van der Waals surface area (Å²) < 4.78 is 0. The lowest BCUT2D eigenvalue weighted by molar-refractivity contribution is 1.03. The van der Waals surface area contributed by atoms with Crippen LogP contribution in [0.4, 0.5) is 0 Å². The number of rotatable bonds is 5. The highest BCUT2D eigenvalue weighted by Crippen LogP contribution is 2.17. The molecule has 0 fully saturated rings. The van der Waals surface area contributed by atoms with Crippen molar-refractivity contribution in [3.63, 3.8) is 0 Å². The Labute approximate surface area is 136 Å². The lowest BCUT2D eigenvalue weighted by Crippen LogP contribution is -1.93. The second-order valence-corrected chi connectivity index (χ2v) is 5.15. The molecule has 0 aromatic heterocycles. The highest BCUT2D eigenvalue weighted by atomic mass is 14.1. The largest absolute Gasteiger partial charge is 0.0985 e. The van der Waals surface area contributed by atoms with Gasteiger partial charge in [-0.15, -0.1) is 0 Å². The maximum absolute atomic E-state index is 3.81. The average molecular weight is 292 g/mol. The van der Waals surface area contributed by atoms with E-state index in [0.29, 0.717) is 0 Å². The maximum atomic E-state index is 3.81. The first kappa shape index (κ1) is 18.0. The van der Waals surface area contributed by atoms with Gasteiger partial charge in [-0.2, -0.15) is 0 Å². The van der Waals surface area contributed by atoms with Crippen LogP contribution in [0.3, 0.4) is 0 Å². The van der Waals surface area contributed by atoms with Gasteiger partial charge in [0.1, 0.15) is 0 Å². The van der Waals surface area contributed by atoms with Crippen molar-refractivity contribution in [2.45, 2.75) is 40.0 Å². The molecule has 0 aliphatic carbocycles. The smallest absolute Gasteiger partial charge is 0.0228 e. The van der Waals surface area contributed by atoms with E-state index in [4.69, 9.17) is 0 Å². The van der Waals surface area contributed by atoms with E-state index in [1.807, 2.05) is 18.2 Å². The fraction of sp³-hybridized carbons (Fsp3) is 0.273. The quantitative estimate of drug-likeness (QED) is 0.602. The second-order valence-electron chi connectivity index (χ2n) is 5.15. The SMILES string of the molecule is C=Cc1cccc(CC)c1CC.C=Cc1ccccc1CC. The Morgan fingerprint density at radius 1 is 0.682 bits per heavy atom.